The lowest BCUT2D eigenvalue weighted by molar-refractivity contribution is 0.103. The van der Waals surface area contributed by atoms with Crippen LogP contribution >= 0.6 is 0 Å². The second kappa shape index (κ2) is 6.76. The van der Waals surface area contributed by atoms with Crippen molar-refractivity contribution in [2.24, 2.45) is 5.73 Å². The number of hydrogen-bond acceptors (Lipinski definition) is 5. The molecule has 4 rings (SSSR count). The highest BCUT2D eigenvalue weighted by molar-refractivity contribution is 6.12. The molecule has 1 aliphatic rings. The molecule has 0 aliphatic heterocycles. The number of halogens is 1. The summed E-state index contributed by atoms with van der Waals surface area (Å²) in [4.78, 5) is 21.5. The van der Waals surface area contributed by atoms with Crippen molar-refractivity contribution < 1.29 is 9.18 Å². The van der Waals surface area contributed by atoms with E-state index < -0.39 is 5.82 Å². The van der Waals surface area contributed by atoms with Gasteiger partial charge in [-0.3, -0.25) is 9.48 Å². The van der Waals surface area contributed by atoms with Crippen molar-refractivity contribution in [1.82, 2.24) is 19.7 Å². The van der Waals surface area contributed by atoms with Crippen molar-refractivity contribution in [3.05, 3.63) is 65.5 Å². The van der Waals surface area contributed by atoms with Crippen molar-refractivity contribution >= 4 is 5.78 Å². The Kier molecular flexibility index (Phi) is 4.30. The van der Waals surface area contributed by atoms with Gasteiger partial charge in [0.25, 0.3) is 0 Å². The monoisotopic (exact) mass is 351 g/mol. The second-order valence-electron chi connectivity index (χ2n) is 6.43. The van der Waals surface area contributed by atoms with Gasteiger partial charge in [-0.15, -0.1) is 0 Å². The van der Waals surface area contributed by atoms with E-state index in [0.717, 1.165) is 18.4 Å². The Morgan fingerprint density at radius 3 is 2.65 bits per heavy atom. The molecule has 0 saturated heterocycles. The standard InChI is InChI=1S/C19H18FN5O/c20-14-4-5-16(19-22-8-12(7-21)9-23-19)17(6-14)18(26)13-10-24-25(11-13)15-2-1-3-15/h4-6,8-11,15H,1-3,7,21H2. The van der Waals surface area contributed by atoms with Gasteiger partial charge in [0.15, 0.2) is 11.6 Å². The van der Waals surface area contributed by atoms with E-state index in [4.69, 9.17) is 5.73 Å². The Balaban J connectivity index is 1.71. The normalized spacial score (nSPS) is 14.2. The van der Waals surface area contributed by atoms with Gasteiger partial charge in [0.05, 0.1) is 17.8 Å². The van der Waals surface area contributed by atoms with Crippen LogP contribution in [0.2, 0.25) is 0 Å². The predicted octanol–water partition coefficient (Wildman–Crippen LogP) is 2.89. The van der Waals surface area contributed by atoms with E-state index in [-0.39, 0.29) is 11.3 Å². The Bertz CT molecular complexity index is 947. The number of nitrogens with two attached hydrogens (primary N) is 1. The summed E-state index contributed by atoms with van der Waals surface area (Å²) in [7, 11) is 0. The number of benzene rings is 1. The molecule has 1 fully saturated rings. The van der Waals surface area contributed by atoms with Gasteiger partial charge in [-0.2, -0.15) is 5.10 Å². The zero-order chi connectivity index (χ0) is 18.1. The van der Waals surface area contributed by atoms with Gasteiger partial charge in [-0.1, -0.05) is 0 Å². The molecule has 0 unspecified atom stereocenters. The van der Waals surface area contributed by atoms with Crippen LogP contribution in [0.4, 0.5) is 4.39 Å². The van der Waals surface area contributed by atoms with Crippen molar-refractivity contribution in [3.8, 4) is 11.4 Å². The predicted molar refractivity (Wildman–Crippen MR) is 93.9 cm³/mol. The van der Waals surface area contributed by atoms with Crippen LogP contribution in [0.1, 0.15) is 46.8 Å². The number of nitrogens with zero attached hydrogens (tertiary/aromatic N) is 4. The summed E-state index contributed by atoms with van der Waals surface area (Å²) in [5.74, 6) is -0.421. The van der Waals surface area contributed by atoms with Crippen LogP contribution in [0.25, 0.3) is 11.4 Å². The zero-order valence-corrected chi connectivity index (χ0v) is 14.1. The summed E-state index contributed by atoms with van der Waals surface area (Å²) in [6, 6.07) is 4.40. The summed E-state index contributed by atoms with van der Waals surface area (Å²) < 4.78 is 15.6. The van der Waals surface area contributed by atoms with E-state index in [1.165, 1.54) is 30.8 Å². The summed E-state index contributed by atoms with van der Waals surface area (Å²) >= 11 is 0. The number of rotatable bonds is 5. The number of ketones is 1. The summed E-state index contributed by atoms with van der Waals surface area (Å²) in [6.45, 7) is 0.329. The van der Waals surface area contributed by atoms with E-state index in [2.05, 4.69) is 15.1 Å². The Labute approximate surface area is 149 Å². The van der Waals surface area contributed by atoms with Crippen LogP contribution < -0.4 is 5.73 Å². The van der Waals surface area contributed by atoms with Crippen LogP contribution in [-0.2, 0) is 6.54 Å². The molecule has 0 spiro atoms. The largest absolute Gasteiger partial charge is 0.326 e. The molecule has 26 heavy (non-hydrogen) atoms. The average Bonchev–Trinajstić information content (AvgIpc) is 3.09. The third kappa shape index (κ3) is 3.01. The third-order valence-corrected chi connectivity index (χ3v) is 4.72. The molecule has 7 heteroatoms. The Morgan fingerprint density at radius 1 is 1.23 bits per heavy atom. The first-order chi connectivity index (χ1) is 12.7. The van der Waals surface area contributed by atoms with E-state index in [0.29, 0.717) is 29.5 Å². The molecule has 2 N–H and O–H groups in total. The van der Waals surface area contributed by atoms with Crippen molar-refractivity contribution in [2.45, 2.75) is 31.8 Å². The first kappa shape index (κ1) is 16.5. The minimum atomic E-state index is -0.484. The molecule has 1 saturated carbocycles. The lowest BCUT2D eigenvalue weighted by Crippen LogP contribution is -2.17. The molecule has 1 aromatic carbocycles. The number of carbonyl (C=O) groups excluding carboxylic acids is 1. The number of aromatic nitrogens is 4. The van der Waals surface area contributed by atoms with Crippen molar-refractivity contribution in [3.63, 3.8) is 0 Å². The smallest absolute Gasteiger partial charge is 0.197 e. The van der Waals surface area contributed by atoms with Crippen LogP contribution in [0.3, 0.4) is 0 Å². The summed E-state index contributed by atoms with van der Waals surface area (Å²) in [5, 5.41) is 4.29. The van der Waals surface area contributed by atoms with Gasteiger partial charge in [0.2, 0.25) is 0 Å². The second-order valence-corrected chi connectivity index (χ2v) is 6.43. The SMILES string of the molecule is NCc1cnc(-c2ccc(F)cc2C(=O)c2cnn(C3CCC3)c2)nc1. The molecule has 0 atom stereocenters. The van der Waals surface area contributed by atoms with Crippen LogP contribution in [-0.4, -0.2) is 25.5 Å². The number of hydrogen-bond donors (Lipinski definition) is 1. The minimum Gasteiger partial charge on any atom is -0.326 e. The maximum atomic E-state index is 13.8. The molecule has 2 aromatic heterocycles. The maximum absolute atomic E-state index is 13.8. The molecule has 0 radical (unpaired) electrons. The van der Waals surface area contributed by atoms with Crippen molar-refractivity contribution in [1.29, 1.82) is 0 Å². The molecular formula is C19H18FN5O. The minimum absolute atomic E-state index is 0.221. The highest BCUT2D eigenvalue weighted by Gasteiger charge is 2.23. The van der Waals surface area contributed by atoms with Crippen LogP contribution in [0.15, 0.2) is 43.0 Å². The quantitative estimate of drug-likeness (QED) is 0.714. The van der Waals surface area contributed by atoms with Gasteiger partial charge in [-0.05, 0) is 37.5 Å². The molecule has 0 bridgehead atoms. The third-order valence-electron chi connectivity index (χ3n) is 4.72. The topological polar surface area (TPSA) is 86.7 Å². The van der Waals surface area contributed by atoms with Gasteiger partial charge < -0.3 is 5.73 Å². The Hall–Kier alpha value is -2.93. The first-order valence-electron chi connectivity index (χ1n) is 8.55. The molecule has 132 valence electrons. The molecular weight excluding hydrogens is 333 g/mol. The Morgan fingerprint density at radius 2 is 2.00 bits per heavy atom. The highest BCUT2D eigenvalue weighted by Crippen LogP contribution is 2.31. The van der Waals surface area contributed by atoms with E-state index in [1.54, 1.807) is 18.6 Å². The molecule has 3 aromatic rings. The molecule has 2 heterocycles. The molecule has 6 nitrogen and oxygen atoms in total. The van der Waals surface area contributed by atoms with Gasteiger partial charge in [-0.25, -0.2) is 14.4 Å². The summed E-state index contributed by atoms with van der Waals surface area (Å²) in [5.41, 5.74) is 7.48. The summed E-state index contributed by atoms with van der Waals surface area (Å²) in [6.07, 6.45) is 9.80. The van der Waals surface area contributed by atoms with Gasteiger partial charge in [0.1, 0.15) is 5.82 Å². The zero-order valence-electron chi connectivity index (χ0n) is 14.1. The fourth-order valence-corrected chi connectivity index (χ4v) is 2.96. The fourth-order valence-electron chi connectivity index (χ4n) is 2.96. The van der Waals surface area contributed by atoms with E-state index >= 15 is 0 Å². The average molecular weight is 351 g/mol. The molecule has 1 aliphatic carbocycles. The first-order valence-corrected chi connectivity index (χ1v) is 8.55. The maximum Gasteiger partial charge on any atom is 0.197 e. The van der Waals surface area contributed by atoms with Crippen molar-refractivity contribution in [2.75, 3.05) is 0 Å². The van der Waals surface area contributed by atoms with Crippen LogP contribution in [0.5, 0.6) is 0 Å². The van der Waals surface area contributed by atoms with Gasteiger partial charge in [0, 0.05) is 41.8 Å². The highest BCUT2D eigenvalue weighted by atomic mass is 19.1. The molecule has 0 amide bonds. The lowest BCUT2D eigenvalue weighted by Gasteiger charge is -2.25. The van der Waals surface area contributed by atoms with Gasteiger partial charge >= 0.3 is 0 Å². The van der Waals surface area contributed by atoms with E-state index in [9.17, 15) is 9.18 Å². The van der Waals surface area contributed by atoms with E-state index in [1.807, 2.05) is 4.68 Å². The fraction of sp³-hybridized carbons (Fsp3) is 0.263. The van der Waals surface area contributed by atoms with Crippen LogP contribution in [0, 0.1) is 5.82 Å². The lowest BCUT2D eigenvalue weighted by atomic mass is 9.93. The number of carbonyl (C=O) groups is 1.